The smallest absolute Gasteiger partial charge is 0.449 e. The number of unbranched alkanes of at least 4 members (excludes halogenated alkanes) is 1. The number of benzene rings is 3. The molecule has 0 heterocycles. The Morgan fingerprint density at radius 1 is 0.804 bits per heavy atom. The van der Waals surface area contributed by atoms with Gasteiger partial charge in [-0.05, 0) is 99.7 Å². The van der Waals surface area contributed by atoms with Crippen LogP contribution in [0.15, 0.2) is 72.8 Å². The van der Waals surface area contributed by atoms with Gasteiger partial charge in [-0.1, -0.05) is 66.0 Å². The number of Topliss-reactive ketones (excluding diaryl/α,β-unsaturated/α-hetero) is 1. The molecule has 0 saturated heterocycles. The third-order valence-corrected chi connectivity index (χ3v) is 7.99. The molecule has 0 aliphatic heterocycles. The first-order valence-electron chi connectivity index (χ1n) is 15.3. The number of esters is 1. The summed E-state index contributed by atoms with van der Waals surface area (Å²) in [7, 11) is 2.01. The van der Waals surface area contributed by atoms with Gasteiger partial charge in [-0.25, -0.2) is 0 Å². The van der Waals surface area contributed by atoms with Gasteiger partial charge in [0.15, 0.2) is 0 Å². The number of nitrogens with zero attached hydrogens (tertiary/aromatic N) is 1. The van der Waals surface area contributed by atoms with Gasteiger partial charge in [0.05, 0.1) is 0 Å². The Labute approximate surface area is 280 Å². The summed E-state index contributed by atoms with van der Waals surface area (Å²) in [6.07, 6.45) is -4.12. The summed E-state index contributed by atoms with van der Waals surface area (Å²) in [4.78, 5) is 26.0. The van der Waals surface area contributed by atoms with E-state index in [2.05, 4.69) is 4.90 Å². The summed E-state index contributed by atoms with van der Waals surface area (Å²) in [6, 6.07) is 22.4. The zero-order chi connectivity index (χ0) is 33.9. The molecule has 1 atom stereocenters. The van der Waals surface area contributed by atoms with Crippen molar-refractivity contribution in [2.75, 3.05) is 26.7 Å². The summed E-state index contributed by atoms with van der Waals surface area (Å²) in [6.45, 7) is 7.06. The number of alkyl halides is 3. The van der Waals surface area contributed by atoms with E-state index in [1.807, 2.05) is 55.6 Å². The first-order chi connectivity index (χ1) is 21.6. The lowest BCUT2D eigenvalue weighted by Gasteiger charge is -2.25. The van der Waals surface area contributed by atoms with Crippen LogP contribution in [0.25, 0.3) is 0 Å². The minimum absolute atomic E-state index is 0.0827. The third-order valence-electron chi connectivity index (χ3n) is 7.48. The predicted molar refractivity (Wildman–Crippen MR) is 177 cm³/mol. The van der Waals surface area contributed by atoms with Gasteiger partial charge in [0.1, 0.15) is 18.0 Å². The summed E-state index contributed by atoms with van der Waals surface area (Å²) in [5, 5.41) is 1.34. The van der Waals surface area contributed by atoms with Crippen molar-refractivity contribution in [1.82, 2.24) is 4.90 Å². The molecule has 0 fully saturated rings. The molecule has 250 valence electrons. The van der Waals surface area contributed by atoms with Gasteiger partial charge in [0.25, 0.3) is 0 Å². The second-order valence-electron chi connectivity index (χ2n) is 12.5. The summed E-state index contributed by atoms with van der Waals surface area (Å²) in [5.74, 6) is -2.09. The highest BCUT2D eigenvalue weighted by molar-refractivity contribution is 6.30. The molecule has 10 heteroatoms. The van der Waals surface area contributed by atoms with Crippen molar-refractivity contribution in [3.05, 3.63) is 99.5 Å². The fourth-order valence-corrected chi connectivity index (χ4v) is 5.38. The Morgan fingerprint density at radius 3 is 1.83 bits per heavy atom. The van der Waals surface area contributed by atoms with E-state index in [1.54, 1.807) is 45.0 Å². The Kier molecular flexibility index (Phi) is 14.0. The maximum atomic E-state index is 13.1. The summed E-state index contributed by atoms with van der Waals surface area (Å²) >= 11 is 12.2. The number of ketones is 1. The zero-order valence-electron chi connectivity index (χ0n) is 26.7. The minimum Gasteiger partial charge on any atom is -0.492 e. The quantitative estimate of drug-likeness (QED) is 0.111. The minimum atomic E-state index is -4.90. The lowest BCUT2D eigenvalue weighted by atomic mass is 9.88. The number of hydrogen-bond donors (Lipinski definition) is 0. The fourth-order valence-electron chi connectivity index (χ4n) is 5.13. The van der Waals surface area contributed by atoms with Crippen LogP contribution in [0.5, 0.6) is 5.75 Å². The van der Waals surface area contributed by atoms with E-state index in [0.29, 0.717) is 60.3 Å². The summed E-state index contributed by atoms with van der Waals surface area (Å²) < 4.78 is 50.6. The van der Waals surface area contributed by atoms with Crippen molar-refractivity contribution < 1.29 is 32.2 Å². The molecule has 46 heavy (non-hydrogen) atoms. The van der Waals surface area contributed by atoms with Crippen LogP contribution < -0.4 is 4.74 Å². The largest absolute Gasteiger partial charge is 0.492 e. The van der Waals surface area contributed by atoms with Crippen LogP contribution >= 0.6 is 23.2 Å². The van der Waals surface area contributed by atoms with Gasteiger partial charge >= 0.3 is 12.1 Å². The first-order valence-corrected chi connectivity index (χ1v) is 16.1. The van der Waals surface area contributed by atoms with Crippen molar-refractivity contribution in [3.8, 4) is 5.75 Å². The number of carbonyl (C=O) groups excluding carboxylic acids is 2. The van der Waals surface area contributed by atoms with Gasteiger partial charge in [-0.2, -0.15) is 13.2 Å². The molecule has 0 radical (unpaired) electrons. The highest BCUT2D eigenvalue weighted by Gasteiger charge is 2.39. The zero-order valence-corrected chi connectivity index (χ0v) is 28.2. The van der Waals surface area contributed by atoms with Crippen molar-refractivity contribution in [2.45, 2.75) is 76.5 Å². The number of likely N-dealkylation sites (N-methyl/N-ethyl adjacent to an activating group) is 1. The van der Waals surface area contributed by atoms with Crippen LogP contribution in [0.3, 0.4) is 0 Å². The molecule has 0 aliphatic carbocycles. The average molecular weight is 681 g/mol. The second-order valence-corrected chi connectivity index (χ2v) is 13.4. The highest BCUT2D eigenvalue weighted by Crippen LogP contribution is 2.32. The Bertz CT molecular complexity index is 1340. The van der Waals surface area contributed by atoms with Crippen LogP contribution in [0.2, 0.25) is 10.0 Å². The number of halogens is 5. The van der Waals surface area contributed by atoms with Crippen LogP contribution in [0, 0.1) is 0 Å². The van der Waals surface area contributed by atoms with E-state index in [1.165, 1.54) is 0 Å². The lowest BCUT2D eigenvalue weighted by molar-refractivity contribution is -0.171. The maximum absolute atomic E-state index is 13.1. The van der Waals surface area contributed by atoms with E-state index >= 15 is 0 Å². The molecule has 0 aliphatic rings. The SMILES string of the molecule is CN(CCOc1ccc(C(CCCCC(=O)OC(C)(C)C)CC(=O)C(F)(F)F)cc1)CC(c1ccc(Cl)cc1)c1ccc(Cl)cc1. The molecular weight excluding hydrogens is 638 g/mol. The van der Waals surface area contributed by atoms with E-state index in [4.69, 9.17) is 32.7 Å². The van der Waals surface area contributed by atoms with Crippen molar-refractivity contribution in [3.63, 3.8) is 0 Å². The molecule has 0 amide bonds. The first kappa shape index (κ1) is 37.4. The predicted octanol–water partition coefficient (Wildman–Crippen LogP) is 9.64. The molecule has 3 aromatic carbocycles. The van der Waals surface area contributed by atoms with Crippen molar-refractivity contribution >= 4 is 35.0 Å². The molecule has 0 spiro atoms. The number of hydrogen-bond acceptors (Lipinski definition) is 5. The number of ether oxygens (including phenoxy) is 2. The van der Waals surface area contributed by atoms with Gasteiger partial charge in [0.2, 0.25) is 5.78 Å². The molecule has 0 N–H and O–H groups in total. The highest BCUT2D eigenvalue weighted by atomic mass is 35.5. The van der Waals surface area contributed by atoms with Crippen LogP contribution in [0.1, 0.15) is 81.4 Å². The van der Waals surface area contributed by atoms with Crippen LogP contribution in [0.4, 0.5) is 13.2 Å². The second kappa shape index (κ2) is 17.2. The van der Waals surface area contributed by atoms with E-state index in [0.717, 1.165) is 11.1 Å². The van der Waals surface area contributed by atoms with E-state index in [9.17, 15) is 22.8 Å². The van der Waals surface area contributed by atoms with E-state index in [-0.39, 0.29) is 18.3 Å². The van der Waals surface area contributed by atoms with Crippen molar-refractivity contribution in [1.29, 1.82) is 0 Å². The molecule has 1 unspecified atom stereocenters. The molecular formula is C36H42Cl2F3NO4. The molecule has 0 saturated carbocycles. The Morgan fingerprint density at radius 2 is 1.33 bits per heavy atom. The Hall–Kier alpha value is -3.07. The average Bonchev–Trinajstić information content (AvgIpc) is 2.97. The molecule has 0 aromatic heterocycles. The summed E-state index contributed by atoms with van der Waals surface area (Å²) in [5.41, 5.74) is 2.26. The normalized spacial score (nSPS) is 12.8. The Balaban J connectivity index is 1.57. The third kappa shape index (κ3) is 13.0. The number of rotatable bonds is 16. The molecule has 0 bridgehead atoms. The van der Waals surface area contributed by atoms with Crippen molar-refractivity contribution in [2.24, 2.45) is 0 Å². The monoisotopic (exact) mass is 679 g/mol. The van der Waals surface area contributed by atoms with Gasteiger partial charge in [-0.15, -0.1) is 0 Å². The standard InChI is InChI=1S/C36H42Cl2F3NO4/c1-35(2,3)46-34(44)8-6-5-7-28(23-33(43)36(39,40)41)25-13-19-31(20-14-25)45-22-21-42(4)24-32(26-9-15-29(37)16-10-26)27-11-17-30(38)18-12-27/h9-20,28,32H,5-8,21-24H2,1-4H3. The molecule has 5 nitrogen and oxygen atoms in total. The lowest BCUT2D eigenvalue weighted by Crippen LogP contribution is -2.29. The van der Waals surface area contributed by atoms with Gasteiger partial charge in [0, 0.05) is 41.9 Å². The van der Waals surface area contributed by atoms with E-state index < -0.39 is 29.9 Å². The number of carbonyl (C=O) groups is 2. The topological polar surface area (TPSA) is 55.8 Å². The van der Waals surface area contributed by atoms with Gasteiger partial charge < -0.3 is 14.4 Å². The van der Waals surface area contributed by atoms with Crippen LogP contribution in [-0.4, -0.2) is 55.2 Å². The maximum Gasteiger partial charge on any atom is 0.449 e. The van der Waals surface area contributed by atoms with Crippen LogP contribution in [-0.2, 0) is 14.3 Å². The van der Waals surface area contributed by atoms with Gasteiger partial charge in [-0.3, -0.25) is 9.59 Å². The fraction of sp³-hybridized carbons (Fsp3) is 0.444. The molecule has 3 aromatic rings. The molecule has 3 rings (SSSR count).